The van der Waals surface area contributed by atoms with E-state index in [4.69, 9.17) is 11.8 Å². The van der Waals surface area contributed by atoms with Crippen LogP contribution in [0, 0.1) is 17.9 Å². The summed E-state index contributed by atoms with van der Waals surface area (Å²) in [6.07, 6.45) is 6.39. The lowest BCUT2D eigenvalue weighted by Gasteiger charge is -2.42. The topological polar surface area (TPSA) is 76.6 Å². The summed E-state index contributed by atoms with van der Waals surface area (Å²) >= 11 is 0. The molecule has 1 saturated carbocycles. The van der Waals surface area contributed by atoms with E-state index in [-0.39, 0.29) is 11.4 Å². The van der Waals surface area contributed by atoms with Gasteiger partial charge in [0.2, 0.25) is 5.91 Å². The fourth-order valence-corrected chi connectivity index (χ4v) is 5.20. The van der Waals surface area contributed by atoms with Crippen molar-refractivity contribution in [3.8, 4) is 6.07 Å². The molecule has 1 aromatic heterocycles. The normalized spacial score (nSPS) is 22.8. The number of rotatable bonds is 6. The van der Waals surface area contributed by atoms with Gasteiger partial charge >= 0.3 is 0 Å². The van der Waals surface area contributed by atoms with Crippen molar-refractivity contribution in [2.45, 2.75) is 49.7 Å². The second-order valence-electron chi connectivity index (χ2n) is 9.03. The van der Waals surface area contributed by atoms with Gasteiger partial charge in [-0.05, 0) is 43.4 Å². The highest BCUT2D eigenvalue weighted by molar-refractivity contribution is 5.77. The Kier molecular flexibility index (Phi) is 5.28. The molecule has 1 amide bonds. The van der Waals surface area contributed by atoms with Crippen LogP contribution in [0.25, 0.3) is 4.85 Å². The molecule has 0 spiro atoms. The molecule has 32 heavy (non-hydrogen) atoms. The van der Waals surface area contributed by atoms with Crippen LogP contribution in [-0.2, 0) is 10.3 Å². The number of piperazine rings is 1. The number of fused-ring (bicyclic) bond motifs is 2. The van der Waals surface area contributed by atoms with E-state index < -0.39 is 0 Å². The summed E-state index contributed by atoms with van der Waals surface area (Å²) in [6, 6.07) is 14.2. The molecular weight excluding hydrogens is 400 g/mol. The summed E-state index contributed by atoms with van der Waals surface area (Å²) in [5, 5.41) is 12.6. The average Bonchev–Trinajstić information content (AvgIpc) is 3.58. The lowest BCUT2D eigenvalue weighted by atomic mass is 10.0. The molecule has 3 fully saturated rings. The van der Waals surface area contributed by atoms with Crippen LogP contribution in [-0.4, -0.2) is 47.5 Å². The number of hydrogen-bond acceptors (Lipinski definition) is 5. The van der Waals surface area contributed by atoms with Crippen molar-refractivity contribution in [3.63, 3.8) is 0 Å². The maximum atomic E-state index is 13.0. The minimum absolute atomic E-state index is 0.0280. The molecular formula is C25H26N6O. The molecule has 1 N–H and O–H groups in total. The van der Waals surface area contributed by atoms with Gasteiger partial charge in [0.05, 0.1) is 12.1 Å². The van der Waals surface area contributed by atoms with Crippen LogP contribution in [0.2, 0.25) is 0 Å². The quantitative estimate of drug-likeness (QED) is 0.717. The Morgan fingerprint density at radius 1 is 1.19 bits per heavy atom. The second-order valence-corrected chi connectivity index (χ2v) is 9.03. The first kappa shape index (κ1) is 20.5. The minimum Gasteiger partial charge on any atom is -0.347 e. The summed E-state index contributed by atoms with van der Waals surface area (Å²) < 4.78 is 0. The molecule has 2 bridgehead atoms. The number of pyridine rings is 1. The van der Waals surface area contributed by atoms with Crippen LogP contribution in [0.15, 0.2) is 42.6 Å². The first-order valence-electron chi connectivity index (χ1n) is 11.3. The molecule has 2 aliphatic heterocycles. The fraction of sp³-hybridized carbons (Fsp3) is 0.440. The van der Waals surface area contributed by atoms with E-state index in [0.29, 0.717) is 36.3 Å². The number of amides is 1. The van der Waals surface area contributed by atoms with Gasteiger partial charge in [-0.2, -0.15) is 5.26 Å². The van der Waals surface area contributed by atoms with E-state index in [9.17, 15) is 4.79 Å². The zero-order chi connectivity index (χ0) is 22.1. The van der Waals surface area contributed by atoms with Gasteiger partial charge in [0.25, 0.3) is 0 Å². The monoisotopic (exact) mass is 426 g/mol. The number of nitrogens with one attached hydrogen (secondary N) is 1. The predicted octanol–water partition coefficient (Wildman–Crippen LogP) is 3.35. The highest BCUT2D eigenvalue weighted by atomic mass is 16.2. The molecule has 7 heteroatoms. The molecule has 7 nitrogen and oxygen atoms in total. The Balaban J connectivity index is 1.15. The number of carbonyl (C=O) groups excluding carboxylic acids is 1. The van der Waals surface area contributed by atoms with Crippen LogP contribution >= 0.6 is 0 Å². The van der Waals surface area contributed by atoms with Crippen LogP contribution in [0.1, 0.15) is 43.2 Å². The van der Waals surface area contributed by atoms with Crippen molar-refractivity contribution in [3.05, 3.63) is 65.1 Å². The zero-order valence-electron chi connectivity index (χ0n) is 18.0. The lowest BCUT2D eigenvalue weighted by Crippen LogP contribution is -2.56. The molecule has 162 valence electrons. The Hall–Kier alpha value is -3.42. The van der Waals surface area contributed by atoms with Gasteiger partial charge in [-0.25, -0.2) is 9.83 Å². The number of nitriles is 1. The van der Waals surface area contributed by atoms with E-state index in [1.165, 1.54) is 5.56 Å². The van der Waals surface area contributed by atoms with Gasteiger partial charge in [-0.15, -0.1) is 0 Å². The number of nitrogens with zero attached hydrogens (tertiary/aromatic N) is 5. The summed E-state index contributed by atoms with van der Waals surface area (Å²) in [5.41, 5.74) is 2.40. The van der Waals surface area contributed by atoms with E-state index in [1.807, 2.05) is 41.3 Å². The predicted molar refractivity (Wildman–Crippen MR) is 121 cm³/mol. The zero-order valence-corrected chi connectivity index (χ0v) is 18.0. The fourth-order valence-electron chi connectivity index (χ4n) is 5.20. The summed E-state index contributed by atoms with van der Waals surface area (Å²) in [7, 11) is 0. The van der Waals surface area contributed by atoms with Gasteiger partial charge in [0.15, 0.2) is 5.69 Å². The number of benzene rings is 1. The third kappa shape index (κ3) is 3.81. The van der Waals surface area contributed by atoms with Gasteiger partial charge in [0.1, 0.15) is 11.9 Å². The molecule has 1 aromatic carbocycles. The smallest absolute Gasteiger partial charge is 0.223 e. The van der Waals surface area contributed by atoms with Gasteiger partial charge in [-0.1, -0.05) is 24.3 Å². The van der Waals surface area contributed by atoms with Gasteiger partial charge < -0.3 is 15.1 Å². The number of likely N-dealkylation sites (tertiary alicyclic amines) is 1. The minimum atomic E-state index is -0.0280. The van der Waals surface area contributed by atoms with Crippen molar-refractivity contribution in [2.75, 3.05) is 24.5 Å². The molecule has 3 aliphatic rings. The summed E-state index contributed by atoms with van der Waals surface area (Å²) in [4.78, 5) is 25.3. The number of aromatic nitrogens is 1. The van der Waals surface area contributed by atoms with E-state index in [1.54, 1.807) is 6.20 Å². The van der Waals surface area contributed by atoms with Crippen molar-refractivity contribution in [1.29, 1.82) is 5.26 Å². The largest absolute Gasteiger partial charge is 0.347 e. The molecule has 3 heterocycles. The maximum absolute atomic E-state index is 13.0. The Morgan fingerprint density at radius 3 is 2.47 bits per heavy atom. The van der Waals surface area contributed by atoms with E-state index >= 15 is 0 Å². The standard InChI is InChI=1S/C25H26N6O/c1-27-20-5-3-19(4-6-20)25(11-12-25)29-13-10-24(32)30-16-21-7-8-22(17-30)31(21)23-9-2-18(14-26)15-28-23/h2-6,9,15,21-22,29H,7-8,10-13,16-17H2. The SMILES string of the molecule is [C-]#[N+]c1ccc(C2(NCCC(=O)N3CC4CCC(C3)N4c3ccc(C#N)cn3)CC2)cc1. The van der Waals surface area contributed by atoms with Gasteiger partial charge in [-0.3, -0.25) is 4.79 Å². The third-order valence-corrected chi connectivity index (χ3v) is 7.08. The Bertz CT molecular complexity index is 1060. The van der Waals surface area contributed by atoms with Crippen LogP contribution in [0.4, 0.5) is 11.5 Å². The maximum Gasteiger partial charge on any atom is 0.223 e. The van der Waals surface area contributed by atoms with Crippen LogP contribution in [0.5, 0.6) is 0 Å². The van der Waals surface area contributed by atoms with Gasteiger partial charge in [0, 0.05) is 49.9 Å². The second kappa shape index (κ2) is 8.26. The summed E-state index contributed by atoms with van der Waals surface area (Å²) in [5.74, 6) is 1.12. The first-order chi connectivity index (χ1) is 15.6. The Labute approximate surface area is 188 Å². The summed E-state index contributed by atoms with van der Waals surface area (Å²) in [6.45, 7) is 9.24. The van der Waals surface area contributed by atoms with Crippen molar-refractivity contribution in [2.24, 2.45) is 0 Å². The molecule has 2 saturated heterocycles. The third-order valence-electron chi connectivity index (χ3n) is 7.08. The van der Waals surface area contributed by atoms with E-state index in [2.05, 4.69) is 26.1 Å². The van der Waals surface area contributed by atoms with Crippen molar-refractivity contribution in [1.82, 2.24) is 15.2 Å². The van der Waals surface area contributed by atoms with Crippen molar-refractivity contribution < 1.29 is 4.79 Å². The number of anilines is 1. The molecule has 2 aromatic rings. The Morgan fingerprint density at radius 2 is 1.91 bits per heavy atom. The van der Waals surface area contributed by atoms with E-state index in [0.717, 1.165) is 44.6 Å². The van der Waals surface area contributed by atoms with Crippen LogP contribution < -0.4 is 10.2 Å². The lowest BCUT2D eigenvalue weighted by molar-refractivity contribution is -0.132. The highest BCUT2D eigenvalue weighted by Crippen LogP contribution is 2.45. The molecule has 2 atom stereocenters. The average molecular weight is 427 g/mol. The molecule has 2 unspecified atom stereocenters. The molecule has 0 radical (unpaired) electrons. The molecule has 5 rings (SSSR count). The number of hydrogen-bond donors (Lipinski definition) is 1. The number of carbonyl (C=O) groups is 1. The van der Waals surface area contributed by atoms with Crippen molar-refractivity contribution >= 4 is 17.4 Å². The van der Waals surface area contributed by atoms with Crippen LogP contribution in [0.3, 0.4) is 0 Å². The first-order valence-corrected chi connectivity index (χ1v) is 11.3. The highest BCUT2D eigenvalue weighted by Gasteiger charge is 2.44. The molecule has 1 aliphatic carbocycles.